The van der Waals surface area contributed by atoms with Crippen molar-refractivity contribution in [3.8, 4) is 5.75 Å². The van der Waals surface area contributed by atoms with Crippen LogP contribution in [0.25, 0.3) is 0 Å². The number of rotatable bonds is 4. The molecule has 4 nitrogen and oxygen atoms in total. The molecule has 1 aromatic carbocycles. The SMILES string of the molecule is CC(C)Oc1ccc2c(c1)C(c1ccnc(N3C4CCCC3CC4)c1)=NC2. The maximum Gasteiger partial charge on any atom is 0.129 e. The Morgan fingerprint density at radius 1 is 1.04 bits per heavy atom. The van der Waals surface area contributed by atoms with E-state index >= 15 is 0 Å². The molecule has 0 aliphatic carbocycles. The molecular weight excluding hydrogens is 334 g/mol. The number of piperidine rings is 1. The molecule has 2 aromatic rings. The highest BCUT2D eigenvalue weighted by molar-refractivity contribution is 6.15. The number of pyridine rings is 1. The largest absolute Gasteiger partial charge is 0.491 e. The van der Waals surface area contributed by atoms with Gasteiger partial charge in [0.05, 0.1) is 18.4 Å². The van der Waals surface area contributed by atoms with E-state index in [0.717, 1.165) is 23.8 Å². The number of benzene rings is 1. The molecule has 4 heterocycles. The van der Waals surface area contributed by atoms with Crippen LogP contribution in [0.4, 0.5) is 5.82 Å². The van der Waals surface area contributed by atoms with E-state index in [2.05, 4.69) is 49.1 Å². The number of aliphatic imine (C=N–C) groups is 1. The van der Waals surface area contributed by atoms with Gasteiger partial charge in [-0.05, 0) is 75.8 Å². The van der Waals surface area contributed by atoms with Gasteiger partial charge in [-0.25, -0.2) is 4.98 Å². The third kappa shape index (κ3) is 3.01. The van der Waals surface area contributed by atoms with Crippen molar-refractivity contribution < 1.29 is 4.74 Å². The molecule has 2 saturated heterocycles. The van der Waals surface area contributed by atoms with Gasteiger partial charge in [-0.15, -0.1) is 0 Å². The topological polar surface area (TPSA) is 37.7 Å². The lowest BCUT2D eigenvalue weighted by atomic mass is 9.99. The van der Waals surface area contributed by atoms with Crippen LogP contribution >= 0.6 is 0 Å². The van der Waals surface area contributed by atoms with Gasteiger partial charge < -0.3 is 9.64 Å². The first-order chi connectivity index (χ1) is 13.2. The van der Waals surface area contributed by atoms with Crippen LogP contribution in [-0.2, 0) is 6.54 Å². The highest BCUT2D eigenvalue weighted by Crippen LogP contribution is 2.39. The molecule has 140 valence electrons. The van der Waals surface area contributed by atoms with Gasteiger partial charge in [-0.1, -0.05) is 6.07 Å². The molecule has 2 fully saturated rings. The van der Waals surface area contributed by atoms with Crippen LogP contribution in [0.5, 0.6) is 5.75 Å². The summed E-state index contributed by atoms with van der Waals surface area (Å²) in [5, 5.41) is 0. The Hall–Kier alpha value is -2.36. The van der Waals surface area contributed by atoms with Gasteiger partial charge in [0.25, 0.3) is 0 Å². The standard InChI is InChI=1S/C23H27N3O/c1-15(2)27-20-9-6-17-14-25-23(21(17)13-20)16-10-11-24-22(12-16)26-18-4-3-5-19(26)8-7-18/h6,9-13,15,18-19H,3-5,7-8,14H2,1-2H3. The van der Waals surface area contributed by atoms with E-state index in [4.69, 9.17) is 14.7 Å². The van der Waals surface area contributed by atoms with E-state index in [1.165, 1.54) is 48.8 Å². The second-order valence-corrected chi connectivity index (χ2v) is 8.28. The third-order valence-corrected chi connectivity index (χ3v) is 6.09. The summed E-state index contributed by atoms with van der Waals surface area (Å²) in [6.45, 7) is 4.87. The van der Waals surface area contributed by atoms with Crippen LogP contribution in [0.3, 0.4) is 0 Å². The van der Waals surface area contributed by atoms with Crippen LogP contribution in [0.1, 0.15) is 62.6 Å². The van der Waals surface area contributed by atoms with E-state index in [0.29, 0.717) is 12.1 Å². The molecule has 0 amide bonds. The Morgan fingerprint density at radius 3 is 2.63 bits per heavy atom. The number of anilines is 1. The molecule has 0 N–H and O–H groups in total. The first kappa shape index (κ1) is 16.8. The van der Waals surface area contributed by atoms with E-state index in [1.807, 2.05) is 6.20 Å². The predicted molar refractivity (Wildman–Crippen MR) is 109 cm³/mol. The highest BCUT2D eigenvalue weighted by Gasteiger charge is 2.37. The number of hydrogen-bond acceptors (Lipinski definition) is 4. The first-order valence-electron chi connectivity index (χ1n) is 10.3. The molecule has 3 aliphatic rings. The Bertz CT molecular complexity index is 873. The van der Waals surface area contributed by atoms with Gasteiger partial charge in [-0.2, -0.15) is 0 Å². The molecule has 5 rings (SSSR count). The maximum absolute atomic E-state index is 5.90. The van der Waals surface area contributed by atoms with E-state index in [1.54, 1.807) is 0 Å². The van der Waals surface area contributed by atoms with Crippen molar-refractivity contribution in [3.05, 3.63) is 53.2 Å². The fraction of sp³-hybridized carbons (Fsp3) is 0.478. The van der Waals surface area contributed by atoms with Gasteiger partial charge >= 0.3 is 0 Å². The van der Waals surface area contributed by atoms with Crippen molar-refractivity contribution >= 4 is 11.5 Å². The highest BCUT2D eigenvalue weighted by atomic mass is 16.5. The molecule has 3 aliphatic heterocycles. The lowest BCUT2D eigenvalue weighted by molar-refractivity contribution is 0.242. The van der Waals surface area contributed by atoms with Gasteiger partial charge in [0.2, 0.25) is 0 Å². The zero-order valence-electron chi connectivity index (χ0n) is 16.2. The number of fused-ring (bicyclic) bond motifs is 3. The predicted octanol–water partition coefficient (Wildman–Crippen LogP) is 4.74. The van der Waals surface area contributed by atoms with Gasteiger partial charge in [0, 0.05) is 29.4 Å². The van der Waals surface area contributed by atoms with Crippen molar-refractivity contribution in [3.63, 3.8) is 0 Å². The average molecular weight is 361 g/mol. The molecule has 1 aromatic heterocycles. The maximum atomic E-state index is 5.90. The summed E-state index contributed by atoms with van der Waals surface area (Å²) < 4.78 is 5.90. The number of nitrogens with zero attached hydrogens (tertiary/aromatic N) is 3. The zero-order valence-corrected chi connectivity index (χ0v) is 16.2. The molecule has 2 unspecified atom stereocenters. The summed E-state index contributed by atoms with van der Waals surface area (Å²) in [4.78, 5) is 12.2. The smallest absolute Gasteiger partial charge is 0.129 e. The summed E-state index contributed by atoms with van der Waals surface area (Å²) in [6.07, 6.45) is 8.74. The van der Waals surface area contributed by atoms with Crippen molar-refractivity contribution in [2.75, 3.05) is 4.90 Å². The van der Waals surface area contributed by atoms with Crippen molar-refractivity contribution in [1.82, 2.24) is 4.98 Å². The molecule has 4 heteroatoms. The third-order valence-electron chi connectivity index (χ3n) is 6.09. The van der Waals surface area contributed by atoms with Crippen LogP contribution in [0.2, 0.25) is 0 Å². The summed E-state index contributed by atoms with van der Waals surface area (Å²) in [5.41, 5.74) is 4.72. The van der Waals surface area contributed by atoms with Crippen molar-refractivity contribution in [2.45, 2.75) is 70.7 Å². The van der Waals surface area contributed by atoms with Gasteiger partial charge in [0.15, 0.2) is 0 Å². The fourth-order valence-electron chi connectivity index (χ4n) is 4.95. The number of hydrogen-bond donors (Lipinski definition) is 0. The summed E-state index contributed by atoms with van der Waals surface area (Å²) in [6, 6.07) is 12.0. The minimum Gasteiger partial charge on any atom is -0.491 e. The normalized spacial score (nSPS) is 23.5. The van der Waals surface area contributed by atoms with Gasteiger partial charge in [0.1, 0.15) is 11.6 Å². The molecule has 2 atom stereocenters. The lowest BCUT2D eigenvalue weighted by Crippen LogP contribution is -2.40. The molecule has 0 saturated carbocycles. The fourth-order valence-corrected chi connectivity index (χ4v) is 4.95. The monoisotopic (exact) mass is 361 g/mol. The molecule has 0 radical (unpaired) electrons. The molecule has 2 bridgehead atoms. The van der Waals surface area contributed by atoms with Crippen LogP contribution in [-0.4, -0.2) is 28.9 Å². The minimum absolute atomic E-state index is 0.173. The van der Waals surface area contributed by atoms with Gasteiger partial charge in [-0.3, -0.25) is 4.99 Å². The van der Waals surface area contributed by atoms with Crippen molar-refractivity contribution in [2.24, 2.45) is 4.99 Å². The first-order valence-corrected chi connectivity index (χ1v) is 10.3. The Kier molecular flexibility index (Phi) is 4.14. The summed E-state index contributed by atoms with van der Waals surface area (Å²) in [5.74, 6) is 2.05. The molecule has 0 spiro atoms. The van der Waals surface area contributed by atoms with Crippen LogP contribution < -0.4 is 9.64 Å². The van der Waals surface area contributed by atoms with E-state index in [9.17, 15) is 0 Å². The minimum atomic E-state index is 0.173. The summed E-state index contributed by atoms with van der Waals surface area (Å²) >= 11 is 0. The zero-order chi connectivity index (χ0) is 18.4. The molecule has 27 heavy (non-hydrogen) atoms. The Morgan fingerprint density at radius 2 is 1.85 bits per heavy atom. The van der Waals surface area contributed by atoms with E-state index < -0.39 is 0 Å². The molecular formula is C23H27N3O. The average Bonchev–Trinajstić information content (AvgIpc) is 3.19. The van der Waals surface area contributed by atoms with Crippen molar-refractivity contribution in [1.29, 1.82) is 0 Å². The van der Waals surface area contributed by atoms with E-state index in [-0.39, 0.29) is 6.10 Å². The summed E-state index contributed by atoms with van der Waals surface area (Å²) in [7, 11) is 0. The van der Waals surface area contributed by atoms with Crippen LogP contribution in [0, 0.1) is 0 Å². The Labute approximate surface area is 161 Å². The quantitative estimate of drug-likeness (QED) is 0.789. The number of ether oxygens (including phenoxy) is 1. The van der Waals surface area contributed by atoms with Crippen LogP contribution in [0.15, 0.2) is 41.5 Å². The second-order valence-electron chi connectivity index (χ2n) is 8.28. The Balaban J connectivity index is 1.47. The second kappa shape index (κ2) is 6.66. The number of aromatic nitrogens is 1. The lowest BCUT2D eigenvalue weighted by Gasteiger charge is -2.36.